The maximum absolute atomic E-state index is 12.9. The number of hydrogen-bond donors (Lipinski definition) is 0. The van der Waals surface area contributed by atoms with Gasteiger partial charge in [-0.1, -0.05) is 18.1 Å². The molecule has 1 aromatic carbocycles. The molecule has 1 atom stereocenters. The lowest BCUT2D eigenvalue weighted by Gasteiger charge is -2.23. The molecule has 1 aromatic heterocycles. The van der Waals surface area contributed by atoms with E-state index < -0.39 is 5.92 Å². The van der Waals surface area contributed by atoms with E-state index in [0.717, 1.165) is 0 Å². The van der Waals surface area contributed by atoms with Crippen molar-refractivity contribution in [3.05, 3.63) is 48.4 Å². The topological polar surface area (TPSA) is 63.0 Å². The van der Waals surface area contributed by atoms with Crippen LogP contribution in [0.25, 0.3) is 0 Å². The van der Waals surface area contributed by atoms with E-state index in [1.165, 1.54) is 0 Å². The summed E-state index contributed by atoms with van der Waals surface area (Å²) >= 11 is 0. The molecule has 3 rings (SSSR count). The maximum atomic E-state index is 12.9. The summed E-state index contributed by atoms with van der Waals surface area (Å²) in [7, 11) is 1.56. The van der Waals surface area contributed by atoms with Crippen LogP contribution in [0.4, 0.5) is 5.69 Å². The lowest BCUT2D eigenvalue weighted by molar-refractivity contribution is -0.136. The minimum Gasteiger partial charge on any atom is -0.495 e. The van der Waals surface area contributed by atoms with Gasteiger partial charge in [-0.3, -0.25) is 9.59 Å². The number of benzene rings is 1. The number of methoxy groups -OCH3 is 1. The van der Waals surface area contributed by atoms with Gasteiger partial charge in [0.05, 0.1) is 38.1 Å². The van der Waals surface area contributed by atoms with Crippen molar-refractivity contribution < 1.29 is 18.7 Å². The van der Waals surface area contributed by atoms with Crippen molar-refractivity contribution in [2.45, 2.75) is 13.0 Å². The Morgan fingerprint density at radius 3 is 2.88 bits per heavy atom. The average Bonchev–Trinajstić information content (AvgIpc) is 3.30. The number of carbonyl (C=O) groups is 2. The van der Waals surface area contributed by atoms with Gasteiger partial charge in [0.25, 0.3) is 0 Å². The third-order valence-corrected chi connectivity index (χ3v) is 4.37. The van der Waals surface area contributed by atoms with Crippen molar-refractivity contribution in [3.8, 4) is 18.1 Å². The molecule has 1 fully saturated rings. The van der Waals surface area contributed by atoms with Crippen molar-refractivity contribution >= 4 is 17.5 Å². The Balaban J connectivity index is 1.76. The Morgan fingerprint density at radius 2 is 2.19 bits per heavy atom. The highest BCUT2D eigenvalue weighted by Crippen LogP contribution is 2.33. The number of terminal acetylenes is 1. The number of anilines is 1. The number of carbonyl (C=O) groups excluding carboxylic acids is 2. The third-order valence-electron chi connectivity index (χ3n) is 4.37. The van der Waals surface area contributed by atoms with Crippen LogP contribution in [-0.2, 0) is 16.1 Å². The van der Waals surface area contributed by atoms with Crippen LogP contribution in [0.3, 0.4) is 0 Å². The van der Waals surface area contributed by atoms with Gasteiger partial charge in [0, 0.05) is 13.0 Å². The van der Waals surface area contributed by atoms with E-state index in [0.29, 0.717) is 23.7 Å². The molecule has 1 aliphatic rings. The Bertz CT molecular complexity index is 823. The first-order valence-electron chi connectivity index (χ1n) is 8.32. The molecule has 0 N–H and O–H groups in total. The van der Waals surface area contributed by atoms with Crippen LogP contribution in [0.5, 0.6) is 5.75 Å². The molecule has 1 aliphatic heterocycles. The summed E-state index contributed by atoms with van der Waals surface area (Å²) in [6.45, 7) is 0.755. The van der Waals surface area contributed by atoms with E-state index >= 15 is 0 Å². The summed E-state index contributed by atoms with van der Waals surface area (Å²) in [5.74, 6) is 3.05. The molecule has 2 amide bonds. The third kappa shape index (κ3) is 3.57. The molecule has 0 saturated carbocycles. The first-order valence-corrected chi connectivity index (χ1v) is 8.32. The second-order valence-corrected chi connectivity index (χ2v) is 6.06. The van der Waals surface area contributed by atoms with Gasteiger partial charge in [0.2, 0.25) is 11.8 Å². The van der Waals surface area contributed by atoms with Gasteiger partial charge in [-0.2, -0.15) is 0 Å². The molecule has 26 heavy (non-hydrogen) atoms. The van der Waals surface area contributed by atoms with Gasteiger partial charge in [-0.15, -0.1) is 6.42 Å². The zero-order valence-corrected chi connectivity index (χ0v) is 14.6. The summed E-state index contributed by atoms with van der Waals surface area (Å²) in [5.41, 5.74) is 0.671. The quantitative estimate of drug-likeness (QED) is 0.749. The summed E-state index contributed by atoms with van der Waals surface area (Å²) in [6, 6.07) is 10.8. The van der Waals surface area contributed by atoms with Gasteiger partial charge >= 0.3 is 0 Å². The van der Waals surface area contributed by atoms with Crippen LogP contribution in [0, 0.1) is 18.3 Å². The highest BCUT2D eigenvalue weighted by molar-refractivity contribution is 6.01. The van der Waals surface area contributed by atoms with Crippen molar-refractivity contribution in [1.29, 1.82) is 0 Å². The second kappa shape index (κ2) is 7.79. The first-order chi connectivity index (χ1) is 12.6. The minimum absolute atomic E-state index is 0.105. The highest BCUT2D eigenvalue weighted by atomic mass is 16.5. The summed E-state index contributed by atoms with van der Waals surface area (Å²) < 4.78 is 10.6. The molecule has 2 aromatic rings. The Kier molecular flexibility index (Phi) is 5.28. The molecule has 1 saturated heterocycles. The standard InChI is InChI=1S/C20H20N2O4/c1-3-10-21(14-16-7-6-11-26-16)20(24)15-12-19(23)22(13-15)17-8-4-5-9-18(17)25-2/h1,4-9,11,15H,10,12-14H2,2H3. The van der Waals surface area contributed by atoms with E-state index in [2.05, 4.69) is 5.92 Å². The van der Waals surface area contributed by atoms with Crippen LogP contribution in [-0.4, -0.2) is 36.9 Å². The lowest BCUT2D eigenvalue weighted by Crippen LogP contribution is -2.37. The predicted octanol–water partition coefficient (Wildman–Crippen LogP) is 2.30. The fourth-order valence-corrected chi connectivity index (χ4v) is 3.13. The molecule has 1 unspecified atom stereocenters. The molecule has 0 spiro atoms. The molecule has 0 aliphatic carbocycles. The lowest BCUT2D eigenvalue weighted by atomic mass is 10.1. The Labute approximate surface area is 152 Å². The Morgan fingerprint density at radius 1 is 1.38 bits per heavy atom. The van der Waals surface area contributed by atoms with Gasteiger partial charge in [-0.05, 0) is 24.3 Å². The molecule has 134 valence electrons. The molecule has 0 radical (unpaired) electrons. The maximum Gasteiger partial charge on any atom is 0.229 e. The van der Waals surface area contributed by atoms with Gasteiger partial charge in [0.15, 0.2) is 0 Å². The molecular weight excluding hydrogens is 332 g/mol. The van der Waals surface area contributed by atoms with E-state index in [9.17, 15) is 9.59 Å². The Hall–Kier alpha value is -3.20. The number of hydrogen-bond acceptors (Lipinski definition) is 4. The number of nitrogens with zero attached hydrogens (tertiary/aromatic N) is 2. The number of para-hydroxylation sites is 2. The van der Waals surface area contributed by atoms with Crippen LogP contribution in [0.2, 0.25) is 0 Å². The van der Waals surface area contributed by atoms with Gasteiger partial charge < -0.3 is 19.0 Å². The molecule has 2 heterocycles. The average molecular weight is 352 g/mol. The summed E-state index contributed by atoms with van der Waals surface area (Å²) in [4.78, 5) is 28.6. The highest BCUT2D eigenvalue weighted by Gasteiger charge is 2.38. The SMILES string of the molecule is C#CCN(Cc1ccco1)C(=O)C1CC(=O)N(c2ccccc2OC)C1. The van der Waals surface area contributed by atoms with Crippen molar-refractivity contribution in [2.24, 2.45) is 5.92 Å². The van der Waals surface area contributed by atoms with E-state index in [-0.39, 0.29) is 31.3 Å². The fraction of sp³-hybridized carbons (Fsp3) is 0.300. The first kappa shape index (κ1) is 17.6. The molecule has 6 nitrogen and oxygen atoms in total. The van der Waals surface area contributed by atoms with E-state index in [4.69, 9.17) is 15.6 Å². The molecule has 0 bridgehead atoms. The fourth-order valence-electron chi connectivity index (χ4n) is 3.13. The van der Waals surface area contributed by atoms with Gasteiger partial charge in [-0.25, -0.2) is 0 Å². The van der Waals surface area contributed by atoms with E-state index in [1.54, 1.807) is 41.4 Å². The van der Waals surface area contributed by atoms with Gasteiger partial charge in [0.1, 0.15) is 11.5 Å². The van der Waals surface area contributed by atoms with Crippen LogP contribution < -0.4 is 9.64 Å². The monoisotopic (exact) mass is 352 g/mol. The zero-order chi connectivity index (χ0) is 18.5. The number of furan rings is 1. The number of amides is 2. The second-order valence-electron chi connectivity index (χ2n) is 6.06. The predicted molar refractivity (Wildman–Crippen MR) is 96.4 cm³/mol. The van der Waals surface area contributed by atoms with Crippen LogP contribution >= 0.6 is 0 Å². The van der Waals surface area contributed by atoms with Crippen molar-refractivity contribution in [1.82, 2.24) is 4.90 Å². The summed E-state index contributed by atoms with van der Waals surface area (Å²) in [6.07, 6.45) is 7.11. The summed E-state index contributed by atoms with van der Waals surface area (Å²) in [5, 5.41) is 0. The van der Waals surface area contributed by atoms with Crippen molar-refractivity contribution in [2.75, 3.05) is 25.1 Å². The minimum atomic E-state index is -0.448. The largest absolute Gasteiger partial charge is 0.495 e. The smallest absolute Gasteiger partial charge is 0.229 e. The van der Waals surface area contributed by atoms with E-state index in [1.807, 2.05) is 18.2 Å². The van der Waals surface area contributed by atoms with Crippen LogP contribution in [0.1, 0.15) is 12.2 Å². The number of ether oxygens (including phenoxy) is 1. The number of rotatable bonds is 6. The van der Waals surface area contributed by atoms with Crippen LogP contribution in [0.15, 0.2) is 47.1 Å². The molecular formula is C20H20N2O4. The molecule has 6 heteroatoms. The van der Waals surface area contributed by atoms with Crippen molar-refractivity contribution in [3.63, 3.8) is 0 Å². The zero-order valence-electron chi connectivity index (χ0n) is 14.6. The normalized spacial score (nSPS) is 16.4.